The number of hydrogen-bond acceptors (Lipinski definition) is 2. The van der Waals surface area contributed by atoms with Crippen molar-refractivity contribution in [3.05, 3.63) is 58.1 Å². The van der Waals surface area contributed by atoms with Crippen molar-refractivity contribution in [2.24, 2.45) is 5.73 Å². The fraction of sp³-hybridized carbons (Fsp3) is 0.143. The molecule has 0 saturated carbocycles. The van der Waals surface area contributed by atoms with Gasteiger partial charge in [0.25, 0.3) is 0 Å². The summed E-state index contributed by atoms with van der Waals surface area (Å²) in [5, 5.41) is 1.06. The molecular weight excluding hydrogens is 269 g/mol. The minimum absolute atomic E-state index is 0.0585. The Kier molecular flexibility index (Phi) is 4.12. The van der Waals surface area contributed by atoms with Gasteiger partial charge in [0.05, 0.1) is 10.0 Å². The standard InChI is InChI=1S/C14H13Cl2NO/c1-9(17)10-6-7-14(12(16)8-10)18-13-5-3-2-4-11(13)15/h2-9H,17H2,1H3/t9-/m0/s1. The van der Waals surface area contributed by atoms with E-state index in [2.05, 4.69) is 0 Å². The Morgan fingerprint density at radius 1 is 1.00 bits per heavy atom. The Bertz CT molecular complexity index is 555. The molecule has 0 bridgehead atoms. The molecule has 0 saturated heterocycles. The van der Waals surface area contributed by atoms with Crippen molar-refractivity contribution >= 4 is 23.2 Å². The fourth-order valence-electron chi connectivity index (χ4n) is 1.53. The lowest BCUT2D eigenvalue weighted by molar-refractivity contribution is 0.483. The van der Waals surface area contributed by atoms with Gasteiger partial charge in [-0.3, -0.25) is 0 Å². The molecule has 0 heterocycles. The Morgan fingerprint density at radius 2 is 1.67 bits per heavy atom. The Hall–Kier alpha value is -1.22. The Balaban J connectivity index is 2.28. The second kappa shape index (κ2) is 5.61. The summed E-state index contributed by atoms with van der Waals surface area (Å²) in [5.74, 6) is 1.14. The fourth-order valence-corrected chi connectivity index (χ4v) is 1.93. The van der Waals surface area contributed by atoms with Crippen LogP contribution in [0.2, 0.25) is 10.0 Å². The van der Waals surface area contributed by atoms with Crippen LogP contribution in [-0.2, 0) is 0 Å². The van der Waals surface area contributed by atoms with Gasteiger partial charge >= 0.3 is 0 Å². The van der Waals surface area contributed by atoms with Gasteiger partial charge < -0.3 is 10.5 Å². The van der Waals surface area contributed by atoms with Gasteiger partial charge in [0.15, 0.2) is 0 Å². The second-order valence-corrected chi connectivity index (χ2v) is 4.83. The molecule has 0 aliphatic carbocycles. The highest BCUT2D eigenvalue weighted by Crippen LogP contribution is 2.34. The summed E-state index contributed by atoms with van der Waals surface area (Å²) in [6.07, 6.45) is 0. The average Bonchev–Trinajstić information content (AvgIpc) is 2.34. The maximum Gasteiger partial charge on any atom is 0.146 e. The molecule has 2 aromatic rings. The van der Waals surface area contributed by atoms with Crippen molar-refractivity contribution in [1.29, 1.82) is 0 Å². The summed E-state index contributed by atoms with van der Waals surface area (Å²) >= 11 is 12.2. The van der Waals surface area contributed by atoms with E-state index in [-0.39, 0.29) is 6.04 Å². The second-order valence-electron chi connectivity index (χ2n) is 4.01. The highest BCUT2D eigenvalue weighted by Gasteiger charge is 2.08. The third-order valence-corrected chi connectivity index (χ3v) is 3.15. The first-order chi connectivity index (χ1) is 8.58. The van der Waals surface area contributed by atoms with Crippen LogP contribution < -0.4 is 10.5 Å². The van der Waals surface area contributed by atoms with Crippen LogP contribution in [0.3, 0.4) is 0 Å². The van der Waals surface area contributed by atoms with Crippen LogP contribution in [0.15, 0.2) is 42.5 Å². The van der Waals surface area contributed by atoms with E-state index in [1.165, 1.54) is 0 Å². The van der Waals surface area contributed by atoms with Crippen molar-refractivity contribution in [2.45, 2.75) is 13.0 Å². The third-order valence-electron chi connectivity index (χ3n) is 2.54. The van der Waals surface area contributed by atoms with Crippen molar-refractivity contribution in [3.63, 3.8) is 0 Å². The number of rotatable bonds is 3. The van der Waals surface area contributed by atoms with Crippen LogP contribution in [0.4, 0.5) is 0 Å². The molecule has 4 heteroatoms. The summed E-state index contributed by atoms with van der Waals surface area (Å²) < 4.78 is 5.67. The normalized spacial score (nSPS) is 12.2. The van der Waals surface area contributed by atoms with Crippen LogP contribution >= 0.6 is 23.2 Å². The lowest BCUT2D eigenvalue weighted by Gasteiger charge is -2.11. The van der Waals surface area contributed by atoms with Crippen molar-refractivity contribution in [1.82, 2.24) is 0 Å². The minimum Gasteiger partial charge on any atom is -0.454 e. The summed E-state index contributed by atoms with van der Waals surface area (Å²) in [5.41, 5.74) is 6.75. The summed E-state index contributed by atoms with van der Waals surface area (Å²) in [6.45, 7) is 1.90. The molecule has 0 radical (unpaired) electrons. The zero-order valence-corrected chi connectivity index (χ0v) is 11.4. The van der Waals surface area contributed by atoms with Crippen molar-refractivity contribution in [2.75, 3.05) is 0 Å². The smallest absolute Gasteiger partial charge is 0.146 e. The third kappa shape index (κ3) is 2.96. The van der Waals surface area contributed by atoms with Gasteiger partial charge in [-0.05, 0) is 36.8 Å². The molecule has 18 heavy (non-hydrogen) atoms. The zero-order valence-electron chi connectivity index (χ0n) is 9.86. The van der Waals surface area contributed by atoms with Gasteiger partial charge in [0.2, 0.25) is 0 Å². The molecule has 0 amide bonds. The van der Waals surface area contributed by atoms with Gasteiger partial charge in [0, 0.05) is 6.04 Å². The highest BCUT2D eigenvalue weighted by atomic mass is 35.5. The molecule has 0 spiro atoms. The van der Waals surface area contributed by atoms with Gasteiger partial charge in [-0.15, -0.1) is 0 Å². The molecule has 0 unspecified atom stereocenters. The lowest BCUT2D eigenvalue weighted by atomic mass is 10.1. The van der Waals surface area contributed by atoms with Gasteiger partial charge in [0.1, 0.15) is 11.5 Å². The Labute approximate surface area is 116 Å². The maximum absolute atomic E-state index is 6.15. The highest BCUT2D eigenvalue weighted by molar-refractivity contribution is 6.32. The lowest BCUT2D eigenvalue weighted by Crippen LogP contribution is -2.04. The van der Waals surface area contributed by atoms with Gasteiger partial charge in [-0.2, -0.15) is 0 Å². The molecule has 94 valence electrons. The molecule has 0 fully saturated rings. The topological polar surface area (TPSA) is 35.2 Å². The molecule has 1 atom stereocenters. The number of benzene rings is 2. The molecule has 2 rings (SSSR count). The molecule has 0 aromatic heterocycles. The van der Waals surface area contributed by atoms with E-state index in [4.69, 9.17) is 33.7 Å². The van der Waals surface area contributed by atoms with Crippen LogP contribution in [0, 0.1) is 0 Å². The maximum atomic E-state index is 6.15. The summed E-state index contributed by atoms with van der Waals surface area (Å²) in [7, 11) is 0. The Morgan fingerprint density at radius 3 is 2.28 bits per heavy atom. The number of ether oxygens (including phenoxy) is 1. The van der Waals surface area contributed by atoms with E-state index in [1.807, 2.05) is 25.1 Å². The van der Waals surface area contributed by atoms with Crippen LogP contribution in [0.1, 0.15) is 18.5 Å². The molecular formula is C14H13Cl2NO. The average molecular weight is 282 g/mol. The van der Waals surface area contributed by atoms with Gasteiger partial charge in [-0.1, -0.05) is 41.4 Å². The predicted molar refractivity (Wildman–Crippen MR) is 75.6 cm³/mol. The number of halogens is 2. The first-order valence-corrected chi connectivity index (χ1v) is 6.31. The van der Waals surface area contributed by atoms with Crippen molar-refractivity contribution < 1.29 is 4.74 Å². The van der Waals surface area contributed by atoms with E-state index in [0.29, 0.717) is 21.5 Å². The monoisotopic (exact) mass is 281 g/mol. The predicted octanol–water partition coefficient (Wildman–Crippen LogP) is 4.81. The first kappa shape index (κ1) is 13.2. The summed E-state index contributed by atoms with van der Waals surface area (Å²) in [4.78, 5) is 0. The van der Waals surface area contributed by atoms with Crippen LogP contribution in [0.25, 0.3) is 0 Å². The zero-order chi connectivity index (χ0) is 13.1. The van der Waals surface area contributed by atoms with E-state index in [9.17, 15) is 0 Å². The molecule has 0 aliphatic rings. The van der Waals surface area contributed by atoms with Crippen LogP contribution in [0.5, 0.6) is 11.5 Å². The summed E-state index contributed by atoms with van der Waals surface area (Å²) in [6, 6.07) is 12.7. The first-order valence-electron chi connectivity index (χ1n) is 5.55. The molecule has 0 aliphatic heterocycles. The number of para-hydroxylation sites is 1. The molecule has 2 aromatic carbocycles. The molecule has 2 N–H and O–H groups in total. The largest absolute Gasteiger partial charge is 0.454 e. The molecule has 2 nitrogen and oxygen atoms in total. The SMILES string of the molecule is C[C@H](N)c1ccc(Oc2ccccc2Cl)c(Cl)c1. The number of nitrogens with two attached hydrogens (primary N) is 1. The van der Waals surface area contributed by atoms with Crippen molar-refractivity contribution in [3.8, 4) is 11.5 Å². The van der Waals surface area contributed by atoms with E-state index in [0.717, 1.165) is 5.56 Å². The minimum atomic E-state index is -0.0585. The van der Waals surface area contributed by atoms with Gasteiger partial charge in [-0.25, -0.2) is 0 Å². The van der Waals surface area contributed by atoms with E-state index in [1.54, 1.807) is 24.3 Å². The van der Waals surface area contributed by atoms with E-state index < -0.39 is 0 Å². The number of hydrogen-bond donors (Lipinski definition) is 1. The quantitative estimate of drug-likeness (QED) is 0.877. The van der Waals surface area contributed by atoms with E-state index >= 15 is 0 Å². The van der Waals surface area contributed by atoms with Crippen LogP contribution in [-0.4, -0.2) is 0 Å².